The van der Waals surface area contributed by atoms with E-state index in [4.69, 9.17) is 4.42 Å². The Labute approximate surface area is 115 Å². The van der Waals surface area contributed by atoms with Gasteiger partial charge in [0, 0.05) is 5.56 Å². The van der Waals surface area contributed by atoms with Crippen LogP contribution in [0.1, 0.15) is 16.2 Å². The highest BCUT2D eigenvalue weighted by Gasteiger charge is 2.10. The quantitative estimate of drug-likeness (QED) is 0.763. The van der Waals surface area contributed by atoms with E-state index in [1.807, 2.05) is 36.4 Å². The van der Waals surface area contributed by atoms with Gasteiger partial charge in [0.2, 0.25) is 0 Å². The molecule has 0 aliphatic carbocycles. The SMILES string of the molecule is O=C(NCc1ccco1)c1cc(-c2ccccc2)n[nH]1. The van der Waals surface area contributed by atoms with Gasteiger partial charge in [-0.05, 0) is 18.2 Å². The van der Waals surface area contributed by atoms with E-state index in [0.717, 1.165) is 11.3 Å². The molecule has 1 amide bonds. The van der Waals surface area contributed by atoms with E-state index in [0.29, 0.717) is 18.0 Å². The molecule has 0 aliphatic heterocycles. The first-order valence-electron chi connectivity index (χ1n) is 6.24. The number of carbonyl (C=O) groups excluding carboxylic acids is 1. The third-order valence-corrected chi connectivity index (χ3v) is 2.90. The Kier molecular flexibility index (Phi) is 3.33. The van der Waals surface area contributed by atoms with Crippen molar-refractivity contribution in [3.05, 3.63) is 66.2 Å². The third kappa shape index (κ3) is 2.61. The smallest absolute Gasteiger partial charge is 0.269 e. The Bertz CT molecular complexity index is 687. The molecule has 2 heterocycles. The van der Waals surface area contributed by atoms with Crippen LogP contribution >= 0.6 is 0 Å². The fourth-order valence-corrected chi connectivity index (χ4v) is 1.87. The number of amides is 1. The van der Waals surface area contributed by atoms with E-state index in [9.17, 15) is 4.79 Å². The van der Waals surface area contributed by atoms with E-state index >= 15 is 0 Å². The molecule has 0 saturated heterocycles. The number of benzene rings is 1. The molecule has 100 valence electrons. The van der Waals surface area contributed by atoms with E-state index in [2.05, 4.69) is 15.5 Å². The summed E-state index contributed by atoms with van der Waals surface area (Å²) < 4.78 is 5.15. The largest absolute Gasteiger partial charge is 0.467 e. The van der Waals surface area contributed by atoms with Gasteiger partial charge in [0.15, 0.2) is 0 Å². The molecule has 0 fully saturated rings. The lowest BCUT2D eigenvalue weighted by Crippen LogP contribution is -2.22. The molecular formula is C15H13N3O2. The molecule has 0 radical (unpaired) electrons. The average Bonchev–Trinajstić information content (AvgIpc) is 3.17. The normalized spacial score (nSPS) is 10.4. The van der Waals surface area contributed by atoms with Crippen molar-refractivity contribution >= 4 is 5.91 Å². The molecule has 2 aromatic heterocycles. The molecule has 2 N–H and O–H groups in total. The number of nitrogens with zero attached hydrogens (tertiary/aromatic N) is 1. The molecule has 1 aromatic carbocycles. The molecule has 3 rings (SSSR count). The van der Waals surface area contributed by atoms with Crippen molar-refractivity contribution in [1.82, 2.24) is 15.5 Å². The molecule has 5 nitrogen and oxygen atoms in total. The van der Waals surface area contributed by atoms with Crippen LogP contribution in [0.4, 0.5) is 0 Å². The minimum atomic E-state index is -0.212. The number of hydrogen-bond donors (Lipinski definition) is 2. The van der Waals surface area contributed by atoms with Crippen LogP contribution in [0.5, 0.6) is 0 Å². The second kappa shape index (κ2) is 5.44. The lowest BCUT2D eigenvalue weighted by atomic mass is 10.1. The average molecular weight is 267 g/mol. The zero-order valence-corrected chi connectivity index (χ0v) is 10.7. The summed E-state index contributed by atoms with van der Waals surface area (Å²) in [6.07, 6.45) is 1.57. The highest BCUT2D eigenvalue weighted by atomic mass is 16.3. The number of H-pyrrole nitrogens is 1. The number of carbonyl (C=O) groups is 1. The fourth-order valence-electron chi connectivity index (χ4n) is 1.87. The first-order chi connectivity index (χ1) is 9.83. The number of nitrogens with one attached hydrogen (secondary N) is 2. The van der Waals surface area contributed by atoms with Crippen molar-refractivity contribution in [2.24, 2.45) is 0 Å². The Morgan fingerprint density at radius 2 is 2.05 bits per heavy atom. The van der Waals surface area contributed by atoms with Gasteiger partial charge in [0.05, 0.1) is 18.5 Å². The maximum absolute atomic E-state index is 12.0. The zero-order valence-electron chi connectivity index (χ0n) is 10.7. The summed E-state index contributed by atoms with van der Waals surface area (Å²) in [6.45, 7) is 0.353. The summed E-state index contributed by atoms with van der Waals surface area (Å²) in [5.74, 6) is 0.497. The summed E-state index contributed by atoms with van der Waals surface area (Å²) in [4.78, 5) is 12.0. The number of aromatic amines is 1. The van der Waals surface area contributed by atoms with Gasteiger partial charge in [-0.25, -0.2) is 0 Å². The van der Waals surface area contributed by atoms with Crippen molar-refractivity contribution in [2.45, 2.75) is 6.54 Å². The molecule has 20 heavy (non-hydrogen) atoms. The fraction of sp³-hybridized carbons (Fsp3) is 0.0667. The van der Waals surface area contributed by atoms with Crippen LogP contribution in [0.2, 0.25) is 0 Å². The van der Waals surface area contributed by atoms with Crippen molar-refractivity contribution in [3.63, 3.8) is 0 Å². The monoisotopic (exact) mass is 267 g/mol. The summed E-state index contributed by atoms with van der Waals surface area (Å²) in [6, 6.07) is 15.0. The van der Waals surface area contributed by atoms with Gasteiger partial charge in [0.25, 0.3) is 5.91 Å². The molecule has 5 heteroatoms. The zero-order chi connectivity index (χ0) is 13.8. The Morgan fingerprint density at radius 1 is 1.20 bits per heavy atom. The topological polar surface area (TPSA) is 70.9 Å². The second-order valence-corrected chi connectivity index (χ2v) is 4.29. The number of furan rings is 1. The summed E-state index contributed by atoms with van der Waals surface area (Å²) in [7, 11) is 0. The van der Waals surface area contributed by atoms with Crippen molar-refractivity contribution in [1.29, 1.82) is 0 Å². The van der Waals surface area contributed by atoms with Crippen LogP contribution in [-0.2, 0) is 6.54 Å². The Hall–Kier alpha value is -2.82. The predicted molar refractivity (Wildman–Crippen MR) is 73.9 cm³/mol. The van der Waals surface area contributed by atoms with Gasteiger partial charge >= 0.3 is 0 Å². The highest BCUT2D eigenvalue weighted by molar-refractivity contribution is 5.93. The molecular weight excluding hydrogens is 254 g/mol. The first kappa shape index (κ1) is 12.2. The summed E-state index contributed by atoms with van der Waals surface area (Å²) in [5, 5.41) is 9.65. The number of rotatable bonds is 4. The second-order valence-electron chi connectivity index (χ2n) is 4.29. The molecule has 0 unspecified atom stereocenters. The summed E-state index contributed by atoms with van der Waals surface area (Å²) in [5.41, 5.74) is 2.14. The molecule has 0 atom stereocenters. The van der Waals surface area contributed by atoms with Crippen LogP contribution in [-0.4, -0.2) is 16.1 Å². The maximum Gasteiger partial charge on any atom is 0.269 e. The highest BCUT2D eigenvalue weighted by Crippen LogP contribution is 2.16. The van der Waals surface area contributed by atoms with E-state index in [1.54, 1.807) is 18.4 Å². The van der Waals surface area contributed by atoms with Gasteiger partial charge in [-0.15, -0.1) is 0 Å². The van der Waals surface area contributed by atoms with Gasteiger partial charge in [-0.3, -0.25) is 9.89 Å². The van der Waals surface area contributed by atoms with Crippen molar-refractivity contribution in [2.75, 3.05) is 0 Å². The van der Waals surface area contributed by atoms with E-state index < -0.39 is 0 Å². The number of hydrogen-bond acceptors (Lipinski definition) is 3. The minimum absolute atomic E-state index is 0.212. The summed E-state index contributed by atoms with van der Waals surface area (Å²) >= 11 is 0. The van der Waals surface area contributed by atoms with Crippen LogP contribution in [0.25, 0.3) is 11.3 Å². The number of aromatic nitrogens is 2. The minimum Gasteiger partial charge on any atom is -0.467 e. The van der Waals surface area contributed by atoms with Crippen LogP contribution < -0.4 is 5.32 Å². The maximum atomic E-state index is 12.0. The third-order valence-electron chi connectivity index (χ3n) is 2.90. The van der Waals surface area contributed by atoms with Crippen LogP contribution in [0.15, 0.2) is 59.2 Å². The van der Waals surface area contributed by atoms with Crippen molar-refractivity contribution in [3.8, 4) is 11.3 Å². The molecule has 0 spiro atoms. The van der Waals surface area contributed by atoms with Gasteiger partial charge in [-0.1, -0.05) is 30.3 Å². The first-order valence-corrected chi connectivity index (χ1v) is 6.24. The Morgan fingerprint density at radius 3 is 2.80 bits per heavy atom. The molecule has 0 aliphatic rings. The lowest BCUT2D eigenvalue weighted by Gasteiger charge is -1.99. The van der Waals surface area contributed by atoms with Gasteiger partial charge in [-0.2, -0.15) is 5.10 Å². The Balaban J connectivity index is 1.69. The lowest BCUT2D eigenvalue weighted by molar-refractivity contribution is 0.0943. The van der Waals surface area contributed by atoms with Crippen LogP contribution in [0, 0.1) is 0 Å². The van der Waals surface area contributed by atoms with E-state index in [1.165, 1.54) is 0 Å². The van der Waals surface area contributed by atoms with Gasteiger partial charge in [0.1, 0.15) is 11.5 Å². The molecule has 3 aromatic rings. The van der Waals surface area contributed by atoms with Crippen molar-refractivity contribution < 1.29 is 9.21 Å². The van der Waals surface area contributed by atoms with Gasteiger partial charge < -0.3 is 9.73 Å². The predicted octanol–water partition coefficient (Wildman–Crippen LogP) is 2.60. The van der Waals surface area contributed by atoms with Crippen LogP contribution in [0.3, 0.4) is 0 Å². The molecule has 0 saturated carbocycles. The molecule has 0 bridgehead atoms. The van der Waals surface area contributed by atoms with E-state index in [-0.39, 0.29) is 5.91 Å². The standard InChI is InChI=1S/C15H13N3O2/c19-15(16-10-12-7-4-8-20-12)14-9-13(17-18-14)11-5-2-1-3-6-11/h1-9H,10H2,(H,16,19)(H,17,18).